The highest BCUT2D eigenvalue weighted by atomic mass is 19.1. The minimum Gasteiger partial charge on any atom is -0.508 e. The van der Waals surface area contributed by atoms with Crippen molar-refractivity contribution in [2.45, 2.75) is 46.2 Å². The smallest absolute Gasteiger partial charge is 0.127 e. The Balaban J connectivity index is 2.44. The molecule has 0 heterocycles. The fraction of sp³-hybridized carbons (Fsp3) is 0.571. The number of hydrogen-bond donors (Lipinski definition) is 2. The second-order valence-corrected chi connectivity index (χ2v) is 4.85. The molecular formula is C14H22FNO. The van der Waals surface area contributed by atoms with Gasteiger partial charge in [0.25, 0.3) is 0 Å². The lowest BCUT2D eigenvalue weighted by Gasteiger charge is -2.17. The monoisotopic (exact) mass is 239 g/mol. The van der Waals surface area contributed by atoms with E-state index in [1.54, 1.807) is 6.07 Å². The van der Waals surface area contributed by atoms with E-state index in [0.29, 0.717) is 18.5 Å². The van der Waals surface area contributed by atoms with Crippen LogP contribution in [-0.2, 0) is 6.54 Å². The molecule has 0 fully saturated rings. The molecule has 0 saturated carbocycles. The van der Waals surface area contributed by atoms with Crippen LogP contribution in [0.4, 0.5) is 4.39 Å². The maximum absolute atomic E-state index is 13.0. The van der Waals surface area contributed by atoms with Gasteiger partial charge in [0.2, 0.25) is 0 Å². The molecule has 1 rings (SSSR count). The second kappa shape index (κ2) is 6.60. The molecule has 0 bridgehead atoms. The van der Waals surface area contributed by atoms with Gasteiger partial charge in [0.15, 0.2) is 0 Å². The van der Waals surface area contributed by atoms with Crippen molar-refractivity contribution in [1.29, 1.82) is 0 Å². The van der Waals surface area contributed by atoms with Crippen LogP contribution in [-0.4, -0.2) is 11.1 Å². The van der Waals surface area contributed by atoms with Gasteiger partial charge in [-0.2, -0.15) is 0 Å². The molecular weight excluding hydrogens is 217 g/mol. The quantitative estimate of drug-likeness (QED) is 0.797. The van der Waals surface area contributed by atoms with Gasteiger partial charge in [0.05, 0.1) is 0 Å². The molecule has 0 amide bonds. The van der Waals surface area contributed by atoms with Crippen LogP contribution in [0.5, 0.6) is 5.75 Å². The number of benzene rings is 1. The summed E-state index contributed by atoms with van der Waals surface area (Å²) >= 11 is 0. The van der Waals surface area contributed by atoms with Gasteiger partial charge in [-0.3, -0.25) is 0 Å². The summed E-state index contributed by atoms with van der Waals surface area (Å²) in [5, 5.41) is 12.6. The molecule has 17 heavy (non-hydrogen) atoms. The Kier molecular flexibility index (Phi) is 5.42. The first-order valence-electron chi connectivity index (χ1n) is 6.23. The maximum Gasteiger partial charge on any atom is 0.127 e. The summed E-state index contributed by atoms with van der Waals surface area (Å²) in [6, 6.07) is 4.55. The van der Waals surface area contributed by atoms with Crippen LogP contribution in [0.25, 0.3) is 0 Å². The molecule has 0 spiro atoms. The van der Waals surface area contributed by atoms with Crippen LogP contribution in [0.15, 0.2) is 18.2 Å². The minimum absolute atomic E-state index is 0.0172. The van der Waals surface area contributed by atoms with Crippen molar-refractivity contribution in [3.05, 3.63) is 29.6 Å². The van der Waals surface area contributed by atoms with Crippen molar-refractivity contribution in [3.8, 4) is 5.75 Å². The number of hydrogen-bond acceptors (Lipinski definition) is 2. The van der Waals surface area contributed by atoms with E-state index < -0.39 is 5.82 Å². The zero-order chi connectivity index (χ0) is 12.8. The lowest BCUT2D eigenvalue weighted by atomic mass is 10.0. The third-order valence-corrected chi connectivity index (χ3v) is 3.05. The summed E-state index contributed by atoms with van der Waals surface area (Å²) in [7, 11) is 0. The Morgan fingerprint density at radius 3 is 2.59 bits per heavy atom. The first kappa shape index (κ1) is 14.0. The molecule has 2 unspecified atom stereocenters. The zero-order valence-electron chi connectivity index (χ0n) is 10.8. The van der Waals surface area contributed by atoms with Crippen molar-refractivity contribution in [2.24, 2.45) is 5.92 Å². The van der Waals surface area contributed by atoms with E-state index in [4.69, 9.17) is 0 Å². The third kappa shape index (κ3) is 5.18. The Bertz CT molecular complexity index is 334. The van der Waals surface area contributed by atoms with Gasteiger partial charge in [-0.15, -0.1) is 0 Å². The van der Waals surface area contributed by atoms with Crippen molar-refractivity contribution >= 4 is 0 Å². The van der Waals surface area contributed by atoms with Crippen LogP contribution < -0.4 is 5.32 Å². The van der Waals surface area contributed by atoms with Crippen molar-refractivity contribution in [1.82, 2.24) is 5.32 Å². The number of halogens is 1. The molecule has 96 valence electrons. The van der Waals surface area contributed by atoms with Crippen molar-refractivity contribution in [2.75, 3.05) is 0 Å². The van der Waals surface area contributed by atoms with Gasteiger partial charge in [-0.1, -0.05) is 20.3 Å². The maximum atomic E-state index is 13.0. The molecule has 2 atom stereocenters. The van der Waals surface area contributed by atoms with Crippen LogP contribution >= 0.6 is 0 Å². The molecule has 0 aliphatic carbocycles. The molecule has 0 saturated heterocycles. The van der Waals surface area contributed by atoms with Crippen LogP contribution in [0, 0.1) is 11.7 Å². The number of phenols is 1. The molecule has 2 N–H and O–H groups in total. The van der Waals surface area contributed by atoms with E-state index in [1.165, 1.54) is 12.5 Å². The number of rotatable bonds is 6. The SMILES string of the molecule is CCC(C)CC(C)NCc1cc(O)cc(F)c1. The highest BCUT2D eigenvalue weighted by Crippen LogP contribution is 2.15. The molecule has 0 aliphatic rings. The molecule has 0 aliphatic heterocycles. The average Bonchev–Trinajstić information content (AvgIpc) is 2.25. The standard InChI is InChI=1S/C14H22FNO/c1-4-10(2)5-11(3)16-9-12-6-13(15)8-14(17)7-12/h6-8,10-11,16-17H,4-5,9H2,1-3H3. The zero-order valence-corrected chi connectivity index (χ0v) is 10.8. The molecule has 0 aromatic heterocycles. The molecule has 1 aromatic carbocycles. The van der Waals surface area contributed by atoms with Gasteiger partial charge >= 0.3 is 0 Å². The first-order chi connectivity index (χ1) is 8.01. The third-order valence-electron chi connectivity index (χ3n) is 3.05. The van der Waals surface area contributed by atoms with E-state index in [1.807, 2.05) is 0 Å². The van der Waals surface area contributed by atoms with E-state index in [2.05, 4.69) is 26.1 Å². The van der Waals surface area contributed by atoms with Gasteiger partial charge in [0.1, 0.15) is 11.6 Å². The summed E-state index contributed by atoms with van der Waals surface area (Å²) in [6.07, 6.45) is 2.28. The molecule has 2 nitrogen and oxygen atoms in total. The minimum atomic E-state index is -0.392. The summed E-state index contributed by atoms with van der Waals surface area (Å²) in [5.41, 5.74) is 0.776. The van der Waals surface area contributed by atoms with Crippen molar-refractivity contribution < 1.29 is 9.50 Å². The second-order valence-electron chi connectivity index (χ2n) is 4.85. The van der Waals surface area contributed by atoms with E-state index in [9.17, 15) is 9.50 Å². The first-order valence-corrected chi connectivity index (χ1v) is 6.23. The van der Waals surface area contributed by atoms with Crippen molar-refractivity contribution in [3.63, 3.8) is 0 Å². The average molecular weight is 239 g/mol. The number of nitrogens with one attached hydrogen (secondary N) is 1. The fourth-order valence-corrected chi connectivity index (χ4v) is 1.88. The predicted molar refractivity (Wildman–Crippen MR) is 68.4 cm³/mol. The topological polar surface area (TPSA) is 32.3 Å². The van der Waals surface area contributed by atoms with E-state index >= 15 is 0 Å². The summed E-state index contributed by atoms with van der Waals surface area (Å²) in [4.78, 5) is 0. The summed E-state index contributed by atoms with van der Waals surface area (Å²) in [6.45, 7) is 7.13. The van der Waals surface area contributed by atoms with E-state index in [-0.39, 0.29) is 5.75 Å². The van der Waals surface area contributed by atoms with Gasteiger partial charge in [-0.25, -0.2) is 4.39 Å². The highest BCUT2D eigenvalue weighted by Gasteiger charge is 2.07. The lowest BCUT2D eigenvalue weighted by molar-refractivity contribution is 0.410. The number of phenolic OH excluding ortho intramolecular Hbond substituents is 1. The van der Waals surface area contributed by atoms with E-state index in [0.717, 1.165) is 18.1 Å². The van der Waals surface area contributed by atoms with Crippen LogP contribution in [0.3, 0.4) is 0 Å². The Labute approximate surface area is 103 Å². The molecule has 0 radical (unpaired) electrons. The molecule has 3 heteroatoms. The van der Waals surface area contributed by atoms with Gasteiger partial charge in [0, 0.05) is 18.7 Å². The summed E-state index contributed by atoms with van der Waals surface area (Å²) < 4.78 is 13.0. The normalized spacial score (nSPS) is 14.6. The Hall–Kier alpha value is -1.09. The number of aromatic hydroxyl groups is 1. The van der Waals surface area contributed by atoms with Gasteiger partial charge < -0.3 is 10.4 Å². The molecule has 1 aromatic rings. The largest absolute Gasteiger partial charge is 0.508 e. The predicted octanol–water partition coefficient (Wildman–Crippen LogP) is 3.45. The summed E-state index contributed by atoms with van der Waals surface area (Å²) in [5.74, 6) is 0.283. The highest BCUT2D eigenvalue weighted by molar-refractivity contribution is 5.28. The van der Waals surface area contributed by atoms with Crippen LogP contribution in [0.2, 0.25) is 0 Å². The van der Waals surface area contributed by atoms with Crippen LogP contribution in [0.1, 0.15) is 39.2 Å². The Morgan fingerprint density at radius 2 is 2.00 bits per heavy atom. The Morgan fingerprint density at radius 1 is 1.29 bits per heavy atom. The fourth-order valence-electron chi connectivity index (χ4n) is 1.88. The lowest BCUT2D eigenvalue weighted by Crippen LogP contribution is -2.27. The van der Waals surface area contributed by atoms with Gasteiger partial charge in [-0.05, 0) is 37.0 Å².